The smallest absolute Gasteiger partial charge is 0.360 e. The van der Waals surface area contributed by atoms with Crippen molar-refractivity contribution >= 4 is 22.8 Å². The maximum absolute atomic E-state index is 11.0. The lowest BCUT2D eigenvalue weighted by Crippen LogP contribution is -2.04. The first-order chi connectivity index (χ1) is 6.15. The first-order valence-corrected chi connectivity index (χ1v) is 3.86. The van der Waals surface area contributed by atoms with Gasteiger partial charge < -0.3 is 9.26 Å². The molecule has 1 rings (SSSR count). The Balaban J connectivity index is 2.79. The van der Waals surface area contributed by atoms with E-state index in [1.54, 1.807) is 6.92 Å². The van der Waals surface area contributed by atoms with Gasteiger partial charge in [-0.15, -0.1) is 0 Å². The van der Waals surface area contributed by atoms with E-state index in [4.69, 9.17) is 11.6 Å². The summed E-state index contributed by atoms with van der Waals surface area (Å²) in [5.74, 6) is -0.819. The zero-order valence-electron chi connectivity index (χ0n) is 6.74. The van der Waals surface area contributed by atoms with Crippen LogP contribution in [0.5, 0.6) is 0 Å². The second-order valence-corrected chi connectivity index (χ2v) is 2.41. The molecule has 0 amide bonds. The van der Waals surface area contributed by atoms with Gasteiger partial charge in [-0.1, -0.05) is 5.16 Å². The monoisotopic (exact) mass is 203 g/mol. The van der Waals surface area contributed by atoms with Crippen molar-refractivity contribution in [1.29, 1.82) is 0 Å². The van der Waals surface area contributed by atoms with E-state index >= 15 is 0 Å². The minimum absolute atomic E-state index is 0.0640. The molecule has 0 bridgehead atoms. The first kappa shape index (κ1) is 9.73. The Kier molecular flexibility index (Phi) is 3.02. The molecule has 13 heavy (non-hydrogen) atoms. The lowest BCUT2D eigenvalue weighted by Gasteiger charge is -1.94. The zero-order chi connectivity index (χ0) is 9.84. The normalized spacial score (nSPS) is 9.69. The van der Waals surface area contributed by atoms with Crippen LogP contribution >= 0.6 is 11.6 Å². The van der Waals surface area contributed by atoms with Crippen molar-refractivity contribution in [3.8, 4) is 0 Å². The summed E-state index contributed by atoms with van der Waals surface area (Å²) in [6, 6.07) is 1.13. The molecule has 1 heterocycles. The molecule has 0 atom stereocenters. The van der Waals surface area contributed by atoms with Crippen molar-refractivity contribution in [2.45, 2.75) is 6.92 Å². The molecule has 0 radical (unpaired) electrons. The molecule has 1 aromatic rings. The van der Waals surface area contributed by atoms with E-state index in [0.717, 1.165) is 6.07 Å². The van der Waals surface area contributed by atoms with Crippen LogP contribution in [0.4, 0.5) is 0 Å². The molecule has 0 N–H and O–H groups in total. The average molecular weight is 204 g/mol. The maximum atomic E-state index is 11.0. The van der Waals surface area contributed by atoms with Crippen LogP contribution in [0.3, 0.4) is 0 Å². The van der Waals surface area contributed by atoms with Gasteiger partial charge in [0.2, 0.25) is 5.76 Å². The van der Waals surface area contributed by atoms with E-state index in [-0.39, 0.29) is 18.1 Å². The molecule has 0 aliphatic rings. The number of esters is 1. The van der Waals surface area contributed by atoms with Gasteiger partial charge in [-0.2, -0.15) is 0 Å². The summed E-state index contributed by atoms with van der Waals surface area (Å²) >= 11 is 5.07. The molecule has 0 saturated carbocycles. The number of hydrogen-bond donors (Lipinski definition) is 0. The van der Waals surface area contributed by atoms with Gasteiger partial charge in [-0.25, -0.2) is 4.79 Å². The quantitative estimate of drug-likeness (QED) is 0.546. The number of halogens is 1. The van der Waals surface area contributed by atoms with Gasteiger partial charge >= 0.3 is 5.97 Å². The summed E-state index contributed by atoms with van der Waals surface area (Å²) in [6.07, 6.45) is 0. The van der Waals surface area contributed by atoms with Crippen molar-refractivity contribution in [3.63, 3.8) is 0 Å². The predicted octanol–water partition coefficient (Wildman–Crippen LogP) is 1.23. The van der Waals surface area contributed by atoms with Crippen molar-refractivity contribution in [3.05, 3.63) is 17.5 Å². The molecule has 0 unspecified atom stereocenters. The minimum atomic E-state index is -0.803. The van der Waals surface area contributed by atoms with E-state index in [9.17, 15) is 9.59 Å². The van der Waals surface area contributed by atoms with Crippen molar-refractivity contribution in [1.82, 2.24) is 5.16 Å². The molecule has 0 saturated heterocycles. The zero-order valence-corrected chi connectivity index (χ0v) is 7.50. The van der Waals surface area contributed by atoms with Gasteiger partial charge in [-0.3, -0.25) is 4.79 Å². The summed E-state index contributed by atoms with van der Waals surface area (Å²) in [7, 11) is 0. The second-order valence-electron chi connectivity index (χ2n) is 2.07. The van der Waals surface area contributed by atoms with Gasteiger partial charge in [0, 0.05) is 6.07 Å². The number of carbonyl (C=O) groups excluding carboxylic acids is 2. The summed E-state index contributed by atoms with van der Waals surface area (Å²) < 4.78 is 9.07. The molecule has 0 aliphatic heterocycles. The molecule has 0 fully saturated rings. The Bertz CT molecular complexity index is 333. The predicted molar refractivity (Wildman–Crippen MR) is 42.6 cm³/mol. The molecule has 1 aromatic heterocycles. The van der Waals surface area contributed by atoms with Crippen LogP contribution in [-0.2, 0) is 4.74 Å². The molecular weight excluding hydrogens is 198 g/mol. The number of aromatic nitrogens is 1. The number of carbonyl (C=O) groups is 2. The van der Waals surface area contributed by atoms with E-state index in [2.05, 4.69) is 14.4 Å². The largest absolute Gasteiger partial charge is 0.461 e. The molecular formula is C7H6ClNO4. The highest BCUT2D eigenvalue weighted by atomic mass is 35.5. The Hall–Kier alpha value is -1.36. The van der Waals surface area contributed by atoms with Crippen LogP contribution in [0.2, 0.25) is 0 Å². The molecule has 0 spiro atoms. The topological polar surface area (TPSA) is 69.4 Å². The Morgan fingerprint density at radius 3 is 2.85 bits per heavy atom. The van der Waals surface area contributed by atoms with E-state index < -0.39 is 11.2 Å². The first-order valence-electron chi connectivity index (χ1n) is 3.48. The van der Waals surface area contributed by atoms with Crippen LogP contribution < -0.4 is 0 Å². The van der Waals surface area contributed by atoms with Gasteiger partial charge in [0.15, 0.2) is 5.69 Å². The Labute approximate surface area is 78.6 Å². The van der Waals surface area contributed by atoms with Gasteiger partial charge in [0.25, 0.3) is 5.24 Å². The third-order valence-corrected chi connectivity index (χ3v) is 1.37. The SMILES string of the molecule is CCOC(=O)c1cc(C(=O)Cl)on1. The van der Waals surface area contributed by atoms with Crippen LogP contribution in [0, 0.1) is 0 Å². The number of ether oxygens (including phenoxy) is 1. The molecule has 0 aromatic carbocycles. The van der Waals surface area contributed by atoms with Crippen molar-refractivity contribution in [2.75, 3.05) is 6.61 Å². The summed E-state index contributed by atoms with van der Waals surface area (Å²) in [4.78, 5) is 21.5. The molecule has 70 valence electrons. The highest BCUT2D eigenvalue weighted by Crippen LogP contribution is 2.07. The standard InChI is InChI=1S/C7H6ClNO4/c1-2-12-7(11)4-3-5(6(8)10)13-9-4/h3H,2H2,1H3. The Morgan fingerprint density at radius 2 is 2.38 bits per heavy atom. The van der Waals surface area contributed by atoms with E-state index in [1.807, 2.05) is 0 Å². The molecule has 0 aliphatic carbocycles. The number of hydrogen-bond acceptors (Lipinski definition) is 5. The molecule has 6 heteroatoms. The van der Waals surface area contributed by atoms with Crippen molar-refractivity contribution < 1.29 is 18.8 Å². The third-order valence-electron chi connectivity index (χ3n) is 1.19. The molecule has 5 nitrogen and oxygen atoms in total. The van der Waals surface area contributed by atoms with Crippen molar-refractivity contribution in [2.24, 2.45) is 0 Å². The van der Waals surface area contributed by atoms with Gasteiger partial charge in [-0.05, 0) is 18.5 Å². The summed E-state index contributed by atoms with van der Waals surface area (Å²) in [5.41, 5.74) is -0.0640. The lowest BCUT2D eigenvalue weighted by molar-refractivity contribution is 0.0514. The summed E-state index contributed by atoms with van der Waals surface area (Å²) in [6.45, 7) is 1.89. The van der Waals surface area contributed by atoms with E-state index in [0.29, 0.717) is 0 Å². The van der Waals surface area contributed by atoms with Crippen LogP contribution in [0.25, 0.3) is 0 Å². The fourth-order valence-electron chi connectivity index (χ4n) is 0.669. The average Bonchev–Trinajstić information content (AvgIpc) is 2.52. The second kappa shape index (κ2) is 4.04. The van der Waals surface area contributed by atoms with Crippen LogP contribution in [-0.4, -0.2) is 23.0 Å². The van der Waals surface area contributed by atoms with Gasteiger partial charge in [0.1, 0.15) is 0 Å². The highest BCUT2D eigenvalue weighted by molar-refractivity contribution is 6.67. The fourth-order valence-corrected chi connectivity index (χ4v) is 0.758. The van der Waals surface area contributed by atoms with Gasteiger partial charge in [0.05, 0.1) is 6.61 Å². The summed E-state index contributed by atoms with van der Waals surface area (Å²) in [5, 5.41) is 2.50. The highest BCUT2D eigenvalue weighted by Gasteiger charge is 2.16. The minimum Gasteiger partial charge on any atom is -0.461 e. The Morgan fingerprint density at radius 1 is 1.69 bits per heavy atom. The van der Waals surface area contributed by atoms with E-state index in [1.165, 1.54) is 0 Å². The fraction of sp³-hybridized carbons (Fsp3) is 0.286. The van der Waals surface area contributed by atoms with Crippen LogP contribution in [0.15, 0.2) is 10.6 Å². The maximum Gasteiger partial charge on any atom is 0.360 e. The number of nitrogens with zero attached hydrogens (tertiary/aromatic N) is 1. The van der Waals surface area contributed by atoms with Crippen LogP contribution in [0.1, 0.15) is 28.0 Å². The number of rotatable bonds is 3. The lowest BCUT2D eigenvalue weighted by atomic mass is 10.4. The third kappa shape index (κ3) is 2.29.